The number of rotatable bonds is 7. The fraction of sp³-hybridized carbons (Fsp3) is 0.533. The van der Waals surface area contributed by atoms with Crippen molar-refractivity contribution >= 4 is 15.9 Å². The zero-order chi connectivity index (χ0) is 17.6. The van der Waals surface area contributed by atoms with Crippen LogP contribution in [0.4, 0.5) is 0 Å². The van der Waals surface area contributed by atoms with Crippen LogP contribution in [-0.4, -0.2) is 70.3 Å². The number of nitrogens with one attached hydrogen (secondary N) is 1. The second-order valence-corrected chi connectivity index (χ2v) is 7.12. The summed E-state index contributed by atoms with van der Waals surface area (Å²) in [5, 5.41) is 11.4. The first-order chi connectivity index (χ1) is 11.5. The van der Waals surface area contributed by atoms with E-state index in [1.807, 2.05) is 0 Å². The molecule has 24 heavy (non-hydrogen) atoms. The molecule has 9 heteroatoms. The van der Waals surface area contributed by atoms with Crippen LogP contribution in [0.5, 0.6) is 5.75 Å². The topological polar surface area (TPSA) is 105 Å². The van der Waals surface area contributed by atoms with Gasteiger partial charge in [0.15, 0.2) is 0 Å². The highest BCUT2D eigenvalue weighted by Crippen LogP contribution is 2.28. The molecule has 1 heterocycles. The lowest BCUT2D eigenvalue weighted by molar-refractivity contribution is 0.0729. The van der Waals surface area contributed by atoms with E-state index in [0.29, 0.717) is 26.2 Å². The fourth-order valence-corrected chi connectivity index (χ4v) is 3.92. The van der Waals surface area contributed by atoms with E-state index >= 15 is 0 Å². The number of hydrogen-bond donors (Lipinski definition) is 2. The van der Waals surface area contributed by atoms with E-state index in [4.69, 9.17) is 14.6 Å². The van der Waals surface area contributed by atoms with Crippen molar-refractivity contribution in [2.24, 2.45) is 0 Å². The van der Waals surface area contributed by atoms with Crippen LogP contribution >= 0.6 is 0 Å². The van der Waals surface area contributed by atoms with Gasteiger partial charge in [0.05, 0.1) is 20.3 Å². The monoisotopic (exact) mass is 358 g/mol. The molecule has 0 aromatic heterocycles. The van der Waals surface area contributed by atoms with Gasteiger partial charge in [-0.15, -0.1) is 0 Å². The third-order valence-corrected chi connectivity index (χ3v) is 5.55. The lowest BCUT2D eigenvalue weighted by atomic mass is 10.2. The number of methoxy groups -OCH3 is 1. The summed E-state index contributed by atoms with van der Waals surface area (Å²) in [7, 11) is -2.39. The molecule has 0 unspecified atom stereocenters. The van der Waals surface area contributed by atoms with Gasteiger partial charge in [-0.3, -0.25) is 4.79 Å². The Morgan fingerprint density at radius 2 is 2.08 bits per heavy atom. The van der Waals surface area contributed by atoms with Crippen molar-refractivity contribution in [3.63, 3.8) is 0 Å². The smallest absolute Gasteiger partial charge is 0.251 e. The molecule has 0 saturated carbocycles. The van der Waals surface area contributed by atoms with Crippen LogP contribution in [0.15, 0.2) is 23.1 Å². The Kier molecular flexibility index (Phi) is 6.55. The molecule has 2 rings (SSSR count). The normalized spacial score (nSPS) is 15.9. The molecule has 1 aliphatic rings. The van der Waals surface area contributed by atoms with Crippen LogP contribution in [0.2, 0.25) is 0 Å². The van der Waals surface area contributed by atoms with E-state index in [2.05, 4.69) is 5.32 Å². The van der Waals surface area contributed by atoms with Gasteiger partial charge in [-0.1, -0.05) is 0 Å². The van der Waals surface area contributed by atoms with Crippen molar-refractivity contribution in [2.45, 2.75) is 11.3 Å². The molecule has 1 aromatic carbocycles. The lowest BCUT2D eigenvalue weighted by Gasteiger charge is -2.26. The Morgan fingerprint density at radius 3 is 2.71 bits per heavy atom. The molecule has 1 amide bonds. The second kappa shape index (κ2) is 8.43. The van der Waals surface area contributed by atoms with Crippen molar-refractivity contribution in [3.8, 4) is 5.75 Å². The molecule has 0 bridgehead atoms. The Balaban J connectivity index is 2.30. The molecule has 0 atom stereocenters. The predicted octanol–water partition coefficient (Wildman–Crippen LogP) is -0.172. The number of benzene rings is 1. The highest BCUT2D eigenvalue weighted by atomic mass is 32.2. The first-order valence-corrected chi connectivity index (χ1v) is 9.09. The first-order valence-electron chi connectivity index (χ1n) is 7.65. The van der Waals surface area contributed by atoms with E-state index in [-0.39, 0.29) is 35.9 Å². The largest absolute Gasteiger partial charge is 0.495 e. The third-order valence-electron chi connectivity index (χ3n) is 3.63. The van der Waals surface area contributed by atoms with Crippen molar-refractivity contribution in [1.82, 2.24) is 9.62 Å². The van der Waals surface area contributed by atoms with Crippen molar-refractivity contribution in [1.29, 1.82) is 0 Å². The number of aliphatic hydroxyl groups is 1. The highest BCUT2D eigenvalue weighted by molar-refractivity contribution is 7.89. The molecule has 8 nitrogen and oxygen atoms in total. The van der Waals surface area contributed by atoms with Gasteiger partial charge in [-0.25, -0.2) is 8.42 Å². The number of carbonyl (C=O) groups is 1. The third kappa shape index (κ3) is 4.23. The summed E-state index contributed by atoms with van der Waals surface area (Å²) in [6, 6.07) is 4.29. The summed E-state index contributed by atoms with van der Waals surface area (Å²) >= 11 is 0. The summed E-state index contributed by atoms with van der Waals surface area (Å²) in [6.45, 7) is 1.48. The maximum absolute atomic E-state index is 12.8. The van der Waals surface area contributed by atoms with E-state index in [0.717, 1.165) is 0 Å². The molecule has 1 aromatic rings. The molecule has 0 aliphatic carbocycles. The van der Waals surface area contributed by atoms with Crippen molar-refractivity contribution in [2.75, 3.05) is 46.6 Å². The van der Waals surface area contributed by atoms with Crippen LogP contribution in [0.1, 0.15) is 16.8 Å². The van der Waals surface area contributed by atoms with Gasteiger partial charge in [0.25, 0.3) is 5.91 Å². The average molecular weight is 358 g/mol. The quantitative estimate of drug-likeness (QED) is 0.656. The predicted molar refractivity (Wildman–Crippen MR) is 86.6 cm³/mol. The minimum Gasteiger partial charge on any atom is -0.495 e. The van der Waals surface area contributed by atoms with Gasteiger partial charge < -0.3 is 19.9 Å². The van der Waals surface area contributed by atoms with Crippen LogP contribution < -0.4 is 10.1 Å². The second-order valence-electron chi connectivity index (χ2n) is 5.22. The zero-order valence-corrected chi connectivity index (χ0v) is 14.3. The Labute approximate surface area is 141 Å². The first kappa shape index (κ1) is 18.7. The molecule has 0 radical (unpaired) electrons. The van der Waals surface area contributed by atoms with Gasteiger partial charge in [0.2, 0.25) is 10.0 Å². The minimum absolute atomic E-state index is 0.0282. The summed E-state index contributed by atoms with van der Waals surface area (Å²) < 4.78 is 37.3. The van der Waals surface area contributed by atoms with Gasteiger partial charge >= 0.3 is 0 Å². The van der Waals surface area contributed by atoms with Crippen molar-refractivity contribution < 1.29 is 27.8 Å². The van der Waals surface area contributed by atoms with Gasteiger partial charge in [-0.2, -0.15) is 4.31 Å². The minimum atomic E-state index is -3.78. The number of amides is 1. The Bertz CT molecular complexity index is 671. The van der Waals surface area contributed by atoms with E-state index in [9.17, 15) is 13.2 Å². The zero-order valence-electron chi connectivity index (χ0n) is 13.5. The van der Waals surface area contributed by atoms with Crippen LogP contribution in [0.25, 0.3) is 0 Å². The summed E-state index contributed by atoms with van der Waals surface area (Å²) in [4.78, 5) is 12.1. The number of hydrogen-bond acceptors (Lipinski definition) is 6. The highest BCUT2D eigenvalue weighted by Gasteiger charge is 2.30. The number of sulfonamides is 1. The van der Waals surface area contributed by atoms with Gasteiger partial charge in [-0.05, 0) is 24.6 Å². The SMILES string of the molecule is COc1ccc(C(=O)NCCCO)cc1S(=O)(=O)N1CCOCC1. The van der Waals surface area contributed by atoms with E-state index in [1.54, 1.807) is 0 Å². The van der Waals surface area contributed by atoms with Crippen LogP contribution in [0, 0.1) is 0 Å². The molecule has 134 valence electrons. The molecular formula is C15H22N2O6S. The van der Waals surface area contributed by atoms with Gasteiger partial charge in [0.1, 0.15) is 10.6 Å². The number of aliphatic hydroxyl groups excluding tert-OH is 1. The van der Waals surface area contributed by atoms with Crippen LogP contribution in [-0.2, 0) is 14.8 Å². The van der Waals surface area contributed by atoms with E-state index < -0.39 is 15.9 Å². The molecule has 2 N–H and O–H groups in total. The number of morpholine rings is 1. The molecule has 0 spiro atoms. The number of carbonyl (C=O) groups excluding carboxylic acids is 1. The summed E-state index contributed by atoms with van der Waals surface area (Å²) in [5.41, 5.74) is 0.223. The molecule has 1 fully saturated rings. The lowest BCUT2D eigenvalue weighted by Crippen LogP contribution is -2.40. The average Bonchev–Trinajstić information content (AvgIpc) is 2.62. The van der Waals surface area contributed by atoms with E-state index in [1.165, 1.54) is 29.6 Å². The Morgan fingerprint density at radius 1 is 1.38 bits per heavy atom. The molecule has 1 aliphatic heterocycles. The van der Waals surface area contributed by atoms with Gasteiger partial charge in [0, 0.05) is 31.8 Å². The molecular weight excluding hydrogens is 336 g/mol. The fourth-order valence-electron chi connectivity index (χ4n) is 2.33. The maximum atomic E-state index is 12.8. The standard InChI is InChI=1S/C15H22N2O6S/c1-22-13-4-3-12(15(19)16-5-2-8-18)11-14(13)24(20,21)17-6-9-23-10-7-17/h3-4,11,18H,2,5-10H2,1H3,(H,16,19). The summed E-state index contributed by atoms with van der Waals surface area (Å²) in [6.07, 6.45) is 0.431. The Hall–Kier alpha value is -1.68. The number of ether oxygens (including phenoxy) is 2. The maximum Gasteiger partial charge on any atom is 0.251 e. The summed E-state index contributed by atoms with van der Waals surface area (Å²) in [5.74, 6) is -0.210. The molecule has 1 saturated heterocycles. The number of nitrogens with zero attached hydrogens (tertiary/aromatic N) is 1. The van der Waals surface area contributed by atoms with Crippen molar-refractivity contribution in [3.05, 3.63) is 23.8 Å². The van der Waals surface area contributed by atoms with Crippen LogP contribution in [0.3, 0.4) is 0 Å².